The Morgan fingerprint density at radius 1 is 1.14 bits per heavy atom. The van der Waals surface area contributed by atoms with E-state index in [0.717, 1.165) is 29.3 Å². The molecular weight excluding hydrogens is 467 g/mol. The van der Waals surface area contributed by atoms with Gasteiger partial charge in [0, 0.05) is 23.5 Å². The van der Waals surface area contributed by atoms with Crippen LogP contribution < -0.4 is 4.74 Å². The Morgan fingerprint density at radius 3 is 2.43 bits per heavy atom. The second-order valence-electron chi connectivity index (χ2n) is 7.83. The number of aromatic nitrogens is 2. The Bertz CT molecular complexity index is 1230. The molecule has 0 fully saturated rings. The third kappa shape index (κ3) is 6.88. The first-order chi connectivity index (χ1) is 16.6. The summed E-state index contributed by atoms with van der Waals surface area (Å²) in [4.78, 5) is 18.8. The number of imidazole rings is 1. The van der Waals surface area contributed by atoms with Crippen molar-refractivity contribution in [1.29, 1.82) is 0 Å². The van der Waals surface area contributed by atoms with Gasteiger partial charge in [-0.2, -0.15) is 0 Å². The predicted octanol–water partition coefficient (Wildman–Crippen LogP) is 7.30. The molecule has 0 spiro atoms. The second kappa shape index (κ2) is 11.1. The Kier molecular flexibility index (Phi) is 8.22. The van der Waals surface area contributed by atoms with Gasteiger partial charge in [-0.3, -0.25) is 4.79 Å². The smallest absolute Gasteiger partial charge is 0.405 e. The number of ketones is 1. The summed E-state index contributed by atoms with van der Waals surface area (Å²) in [6, 6.07) is 12.2. The van der Waals surface area contributed by atoms with E-state index in [1.165, 1.54) is 18.3 Å². The topological polar surface area (TPSA) is 55.0 Å². The third-order valence-electron chi connectivity index (χ3n) is 5.35. The van der Waals surface area contributed by atoms with Gasteiger partial charge in [-0.1, -0.05) is 49.4 Å². The fraction of sp³-hybridized carbons (Fsp3) is 0.231. The van der Waals surface area contributed by atoms with Gasteiger partial charge in [-0.15, -0.1) is 13.2 Å². The van der Waals surface area contributed by atoms with E-state index in [1.807, 2.05) is 31.2 Å². The van der Waals surface area contributed by atoms with Crippen LogP contribution in [-0.4, -0.2) is 22.1 Å². The highest BCUT2D eigenvalue weighted by atomic mass is 19.4. The van der Waals surface area contributed by atoms with E-state index in [0.29, 0.717) is 18.7 Å². The van der Waals surface area contributed by atoms with E-state index in [1.54, 1.807) is 6.92 Å². The summed E-state index contributed by atoms with van der Waals surface area (Å²) in [5.74, 6) is -1.39. The van der Waals surface area contributed by atoms with Crippen LogP contribution in [0.25, 0.3) is 11.6 Å². The summed E-state index contributed by atoms with van der Waals surface area (Å²) in [6.45, 7) is 3.51. The number of rotatable bonds is 9. The van der Waals surface area contributed by atoms with E-state index in [-0.39, 0.29) is 23.7 Å². The zero-order chi connectivity index (χ0) is 25.6. The Hall–Kier alpha value is -3.75. The van der Waals surface area contributed by atoms with Crippen molar-refractivity contribution in [3.63, 3.8) is 0 Å². The molecule has 0 saturated heterocycles. The van der Waals surface area contributed by atoms with Crippen LogP contribution in [-0.2, 0) is 11.2 Å². The molecule has 1 atom stereocenters. The molecule has 0 saturated carbocycles. The van der Waals surface area contributed by atoms with Gasteiger partial charge in [-0.25, -0.2) is 13.8 Å². The fourth-order valence-electron chi connectivity index (χ4n) is 3.72. The number of ether oxygens (including phenoxy) is 1. The number of aromatic amines is 1. The maximum absolute atomic E-state index is 14.8. The number of benzene rings is 2. The first-order valence-corrected chi connectivity index (χ1v) is 10.8. The number of allylic oxidation sites excluding steroid dienone is 2. The van der Waals surface area contributed by atoms with E-state index < -0.39 is 29.1 Å². The molecule has 0 aliphatic rings. The Labute approximate surface area is 199 Å². The van der Waals surface area contributed by atoms with Crippen molar-refractivity contribution in [2.24, 2.45) is 0 Å². The highest BCUT2D eigenvalue weighted by molar-refractivity contribution is 5.84. The number of hydrogen-bond donors (Lipinski definition) is 1. The maximum atomic E-state index is 14.8. The lowest BCUT2D eigenvalue weighted by Gasteiger charge is -2.13. The number of alkyl halides is 3. The van der Waals surface area contributed by atoms with Crippen LogP contribution >= 0.6 is 0 Å². The normalized spacial score (nSPS) is 13.6. The first-order valence-electron chi connectivity index (χ1n) is 10.8. The summed E-state index contributed by atoms with van der Waals surface area (Å²) in [6.07, 6.45) is -1.77. The molecule has 0 bridgehead atoms. The molecule has 3 rings (SSSR count). The van der Waals surface area contributed by atoms with Crippen LogP contribution in [0.4, 0.5) is 22.0 Å². The van der Waals surface area contributed by atoms with Crippen LogP contribution in [0.2, 0.25) is 0 Å². The third-order valence-corrected chi connectivity index (χ3v) is 5.35. The average molecular weight is 490 g/mol. The molecule has 1 heterocycles. The van der Waals surface area contributed by atoms with Crippen molar-refractivity contribution in [3.05, 3.63) is 95.1 Å². The molecule has 184 valence electrons. The van der Waals surface area contributed by atoms with Crippen molar-refractivity contribution in [2.45, 2.75) is 39.0 Å². The zero-order valence-electron chi connectivity index (χ0n) is 19.0. The summed E-state index contributed by atoms with van der Waals surface area (Å²) >= 11 is 0. The standard InChI is InChI=1S/C26H23F5N2O2/c1-3-20(16(2)34)18-10-8-17(9-11-18)12-25-32-15-19(33-25)13-23(28)22(14-27)21-6-4-5-7-24(21)35-26(29,30)31/h4-11,13-15,20H,3,12H2,1-2H3,(H,32,33)/b22-14+,23-13+. The summed E-state index contributed by atoms with van der Waals surface area (Å²) in [5, 5.41) is 0. The molecule has 1 aromatic heterocycles. The predicted molar refractivity (Wildman–Crippen MR) is 123 cm³/mol. The minimum atomic E-state index is -5.02. The number of nitrogens with zero attached hydrogens (tertiary/aromatic N) is 1. The molecule has 0 aliphatic carbocycles. The van der Waals surface area contributed by atoms with Crippen LogP contribution in [0.15, 0.2) is 66.9 Å². The number of hydrogen-bond acceptors (Lipinski definition) is 3. The van der Waals surface area contributed by atoms with E-state index >= 15 is 0 Å². The molecule has 0 amide bonds. The number of carbonyl (C=O) groups excluding carboxylic acids is 1. The van der Waals surface area contributed by atoms with Crippen LogP contribution in [0, 0.1) is 0 Å². The van der Waals surface area contributed by atoms with Gasteiger partial charge < -0.3 is 9.72 Å². The average Bonchev–Trinajstić information content (AvgIpc) is 3.22. The van der Waals surface area contributed by atoms with Gasteiger partial charge in [0.25, 0.3) is 0 Å². The molecule has 3 aromatic rings. The zero-order valence-corrected chi connectivity index (χ0v) is 19.0. The summed E-state index contributed by atoms with van der Waals surface area (Å²) in [5.41, 5.74) is 0.934. The van der Waals surface area contributed by atoms with Gasteiger partial charge >= 0.3 is 6.36 Å². The molecule has 4 nitrogen and oxygen atoms in total. The van der Waals surface area contributed by atoms with Crippen molar-refractivity contribution in [1.82, 2.24) is 9.97 Å². The lowest BCUT2D eigenvalue weighted by atomic mass is 9.92. The van der Waals surface area contributed by atoms with E-state index in [2.05, 4.69) is 14.7 Å². The number of nitrogens with one attached hydrogen (secondary N) is 1. The number of Topliss-reactive ketones (excluding diaryl/α,β-unsaturated/α-hetero) is 1. The molecule has 1 N–H and O–H groups in total. The lowest BCUT2D eigenvalue weighted by molar-refractivity contribution is -0.274. The quantitative estimate of drug-likeness (QED) is 0.253. The van der Waals surface area contributed by atoms with Crippen molar-refractivity contribution in [3.8, 4) is 5.75 Å². The maximum Gasteiger partial charge on any atom is 0.573 e. The van der Waals surface area contributed by atoms with Gasteiger partial charge in [-0.05, 0) is 36.6 Å². The Balaban J connectivity index is 1.77. The highest BCUT2D eigenvalue weighted by Crippen LogP contribution is 2.35. The summed E-state index contributed by atoms with van der Waals surface area (Å²) in [7, 11) is 0. The van der Waals surface area contributed by atoms with Crippen molar-refractivity contribution >= 4 is 17.4 Å². The molecule has 0 aliphatic heterocycles. The minimum Gasteiger partial charge on any atom is -0.405 e. The fourth-order valence-corrected chi connectivity index (χ4v) is 3.72. The van der Waals surface area contributed by atoms with E-state index in [9.17, 15) is 26.7 Å². The molecule has 9 heteroatoms. The van der Waals surface area contributed by atoms with Gasteiger partial charge in [0.1, 0.15) is 23.2 Å². The Morgan fingerprint density at radius 2 is 1.83 bits per heavy atom. The molecule has 2 aromatic carbocycles. The van der Waals surface area contributed by atoms with Crippen molar-refractivity contribution < 1.29 is 31.5 Å². The SMILES string of the molecule is CCC(C(C)=O)c1ccc(Cc2ncc(/C=C(F)\C(=C\F)c3ccccc3OC(F)(F)F)[nH]2)cc1. The van der Waals surface area contributed by atoms with E-state index in [4.69, 9.17) is 0 Å². The van der Waals surface area contributed by atoms with Crippen molar-refractivity contribution in [2.75, 3.05) is 0 Å². The monoisotopic (exact) mass is 490 g/mol. The molecular formula is C26H23F5N2O2. The van der Waals surface area contributed by atoms with Crippen LogP contribution in [0.1, 0.15) is 54.4 Å². The number of carbonyl (C=O) groups is 1. The number of para-hydroxylation sites is 1. The van der Waals surface area contributed by atoms with Crippen LogP contribution in [0.5, 0.6) is 5.75 Å². The molecule has 1 unspecified atom stereocenters. The minimum absolute atomic E-state index is 0.0963. The van der Waals surface area contributed by atoms with Gasteiger partial charge in [0.05, 0.1) is 18.2 Å². The number of halogens is 5. The largest absolute Gasteiger partial charge is 0.573 e. The number of H-pyrrole nitrogens is 1. The second-order valence-corrected chi connectivity index (χ2v) is 7.83. The first kappa shape index (κ1) is 25.9. The van der Waals surface area contributed by atoms with Crippen LogP contribution in [0.3, 0.4) is 0 Å². The van der Waals surface area contributed by atoms with Gasteiger partial charge in [0.15, 0.2) is 0 Å². The summed E-state index contributed by atoms with van der Waals surface area (Å²) < 4.78 is 70.3. The molecule has 35 heavy (non-hydrogen) atoms. The highest BCUT2D eigenvalue weighted by Gasteiger charge is 2.32. The lowest BCUT2D eigenvalue weighted by Crippen LogP contribution is -2.18. The molecule has 0 radical (unpaired) electrons. The van der Waals surface area contributed by atoms with Gasteiger partial charge in [0.2, 0.25) is 0 Å².